The van der Waals surface area contributed by atoms with Gasteiger partial charge in [0.15, 0.2) is 0 Å². The highest BCUT2D eigenvalue weighted by molar-refractivity contribution is 14.1. The second-order valence-electron chi connectivity index (χ2n) is 2.69. The molecule has 60 valence electrons. The van der Waals surface area contributed by atoms with Gasteiger partial charge in [0.25, 0.3) is 0 Å². The van der Waals surface area contributed by atoms with Gasteiger partial charge in [-0.2, -0.15) is 0 Å². The van der Waals surface area contributed by atoms with Crippen molar-refractivity contribution in [1.82, 2.24) is 0 Å². The fourth-order valence-electron chi connectivity index (χ4n) is 1.02. The first-order valence-corrected chi connectivity index (χ1v) is 4.38. The lowest BCUT2D eigenvalue weighted by molar-refractivity contribution is -0.310. The number of alkyl halides is 1. The van der Waals surface area contributed by atoms with Gasteiger partial charge in [-0.05, 0) is 6.92 Å². The predicted octanol–water partition coefficient (Wildman–Crippen LogP) is 0.672. The minimum absolute atomic E-state index is 0.342. The number of allylic oxidation sites excluding steroid dienone is 3. The lowest BCUT2D eigenvalue weighted by Gasteiger charge is -2.29. The fourth-order valence-corrected chi connectivity index (χ4v) is 1.69. The molecule has 0 aromatic rings. The number of carboxylic acid groups (broad SMARTS) is 1. The molecule has 0 spiro atoms. The summed E-state index contributed by atoms with van der Waals surface area (Å²) in [6.45, 7) is 1.87. The fraction of sp³-hybridized carbons (Fsp3) is 0.375. The number of carbonyl (C=O) groups is 1. The quantitative estimate of drug-likeness (QED) is 0.515. The molecule has 0 N–H and O–H groups in total. The van der Waals surface area contributed by atoms with Gasteiger partial charge in [-0.3, -0.25) is 0 Å². The Hall–Kier alpha value is -0.320. The maximum atomic E-state index is 10.6. The van der Waals surface area contributed by atoms with Gasteiger partial charge in [0.2, 0.25) is 0 Å². The molecule has 0 amide bonds. The lowest BCUT2D eigenvalue weighted by atomic mass is 9.90. The van der Waals surface area contributed by atoms with Crippen LogP contribution < -0.4 is 5.11 Å². The molecule has 0 heterocycles. The van der Waals surface area contributed by atoms with E-state index >= 15 is 0 Å². The van der Waals surface area contributed by atoms with E-state index in [1.165, 1.54) is 0 Å². The molecule has 1 aliphatic carbocycles. The van der Waals surface area contributed by atoms with Crippen LogP contribution in [0.3, 0.4) is 0 Å². The van der Waals surface area contributed by atoms with Crippen molar-refractivity contribution in [2.45, 2.75) is 10.3 Å². The van der Waals surface area contributed by atoms with Gasteiger partial charge >= 0.3 is 0 Å². The van der Waals surface area contributed by atoms with Gasteiger partial charge in [0.05, 0.1) is 0 Å². The normalized spacial score (nSPS) is 35.6. The molecule has 1 aliphatic rings. The van der Waals surface area contributed by atoms with Crippen molar-refractivity contribution >= 4 is 28.6 Å². The van der Waals surface area contributed by atoms with Crippen molar-refractivity contribution in [3.63, 3.8) is 0 Å². The van der Waals surface area contributed by atoms with Crippen LogP contribution in [-0.2, 0) is 4.79 Å². The summed E-state index contributed by atoms with van der Waals surface area (Å²) >= 11 is 2.11. The van der Waals surface area contributed by atoms with Crippen molar-refractivity contribution < 1.29 is 9.90 Å². The van der Waals surface area contributed by atoms with Gasteiger partial charge in [-0.1, -0.05) is 46.9 Å². The van der Waals surface area contributed by atoms with Crippen molar-refractivity contribution in [3.05, 3.63) is 24.3 Å². The zero-order valence-electron chi connectivity index (χ0n) is 6.08. The van der Waals surface area contributed by atoms with Gasteiger partial charge in [-0.25, -0.2) is 0 Å². The third-order valence-electron chi connectivity index (χ3n) is 1.70. The summed E-state index contributed by atoms with van der Waals surface area (Å²) < 4.78 is -0.342. The molecule has 0 radical (unpaired) electrons. The predicted molar refractivity (Wildman–Crippen MR) is 49.2 cm³/mol. The summed E-state index contributed by atoms with van der Waals surface area (Å²) in [4.78, 5) is 10.6. The molecule has 0 saturated carbocycles. The largest absolute Gasteiger partial charge is 0.549 e. The van der Waals surface area contributed by atoms with E-state index in [2.05, 4.69) is 22.6 Å². The maximum Gasteiger partial charge on any atom is 0.0499 e. The molecule has 11 heavy (non-hydrogen) atoms. The summed E-state index contributed by atoms with van der Waals surface area (Å²) in [5.74, 6) is -1.52. The van der Waals surface area contributed by atoms with Crippen LogP contribution in [-0.4, -0.2) is 9.39 Å². The third-order valence-corrected chi connectivity index (χ3v) is 2.73. The number of rotatable bonds is 1. The van der Waals surface area contributed by atoms with Gasteiger partial charge in [-0.15, -0.1) is 0 Å². The SMILES string of the molecule is CC1(I)C=CC=CC1C(=O)[O-]. The van der Waals surface area contributed by atoms with Crippen LogP contribution in [0.5, 0.6) is 0 Å². The molecule has 3 heteroatoms. The zero-order chi connectivity index (χ0) is 8.48. The minimum atomic E-state index is -1.01. The van der Waals surface area contributed by atoms with Crippen molar-refractivity contribution in [1.29, 1.82) is 0 Å². The summed E-state index contributed by atoms with van der Waals surface area (Å²) in [6, 6.07) is 0. The Balaban J connectivity index is 2.89. The summed E-state index contributed by atoms with van der Waals surface area (Å²) in [7, 11) is 0. The van der Waals surface area contributed by atoms with Crippen LogP contribution in [0, 0.1) is 5.92 Å². The molecule has 0 aromatic heterocycles. The highest BCUT2D eigenvalue weighted by Crippen LogP contribution is 2.32. The highest BCUT2D eigenvalue weighted by atomic mass is 127. The van der Waals surface area contributed by atoms with E-state index in [9.17, 15) is 9.90 Å². The number of aliphatic carboxylic acids is 1. The summed E-state index contributed by atoms with van der Waals surface area (Å²) in [5.41, 5.74) is 0. The Kier molecular flexibility index (Phi) is 2.37. The van der Waals surface area contributed by atoms with Crippen LogP contribution in [0.15, 0.2) is 24.3 Å². The summed E-state index contributed by atoms with van der Waals surface area (Å²) in [6.07, 6.45) is 7.11. The van der Waals surface area contributed by atoms with Crippen LogP contribution in [0.2, 0.25) is 0 Å². The maximum absolute atomic E-state index is 10.6. The molecule has 0 aromatic carbocycles. The van der Waals surface area contributed by atoms with Gasteiger partial charge in [0, 0.05) is 15.3 Å². The Morgan fingerprint density at radius 3 is 2.64 bits per heavy atom. The van der Waals surface area contributed by atoms with Crippen LogP contribution in [0.1, 0.15) is 6.92 Å². The van der Waals surface area contributed by atoms with Crippen molar-refractivity contribution in [2.75, 3.05) is 0 Å². The number of hydrogen-bond acceptors (Lipinski definition) is 2. The van der Waals surface area contributed by atoms with E-state index < -0.39 is 11.9 Å². The van der Waals surface area contributed by atoms with Crippen LogP contribution in [0.25, 0.3) is 0 Å². The van der Waals surface area contributed by atoms with E-state index in [0.29, 0.717) is 0 Å². The van der Waals surface area contributed by atoms with Crippen LogP contribution >= 0.6 is 22.6 Å². The van der Waals surface area contributed by atoms with Gasteiger partial charge in [0.1, 0.15) is 0 Å². The standard InChI is InChI=1S/C8H9IO2/c1-8(9)5-3-2-4-6(8)7(10)11/h2-6H,1H3,(H,10,11)/p-1. The van der Waals surface area contributed by atoms with E-state index in [4.69, 9.17) is 0 Å². The topological polar surface area (TPSA) is 40.1 Å². The minimum Gasteiger partial charge on any atom is -0.549 e. The molecule has 1 rings (SSSR count). The molecule has 2 nitrogen and oxygen atoms in total. The molecule has 0 fully saturated rings. The average Bonchev–Trinajstić information content (AvgIpc) is 1.85. The van der Waals surface area contributed by atoms with E-state index in [0.717, 1.165) is 0 Å². The Labute approximate surface area is 79.1 Å². The van der Waals surface area contributed by atoms with E-state index in [1.54, 1.807) is 12.2 Å². The molecule has 0 saturated heterocycles. The first kappa shape index (κ1) is 8.77. The third kappa shape index (κ3) is 1.83. The first-order chi connectivity index (χ1) is 5.04. The molecular weight excluding hydrogens is 255 g/mol. The smallest absolute Gasteiger partial charge is 0.0499 e. The number of halogens is 1. The molecule has 2 unspecified atom stereocenters. The molecule has 2 atom stereocenters. The number of carboxylic acids is 1. The number of hydrogen-bond donors (Lipinski definition) is 0. The molecule has 0 bridgehead atoms. The summed E-state index contributed by atoms with van der Waals surface area (Å²) in [5, 5.41) is 10.6. The van der Waals surface area contributed by atoms with Gasteiger partial charge < -0.3 is 9.90 Å². The Morgan fingerprint density at radius 1 is 1.64 bits per heavy atom. The lowest BCUT2D eigenvalue weighted by Crippen LogP contribution is -2.41. The highest BCUT2D eigenvalue weighted by Gasteiger charge is 2.28. The Bertz CT molecular complexity index is 228. The first-order valence-electron chi connectivity index (χ1n) is 3.30. The Morgan fingerprint density at radius 2 is 2.27 bits per heavy atom. The van der Waals surface area contributed by atoms with Crippen molar-refractivity contribution in [2.24, 2.45) is 5.92 Å². The zero-order valence-corrected chi connectivity index (χ0v) is 8.24. The second kappa shape index (κ2) is 2.97. The van der Waals surface area contributed by atoms with E-state index in [-0.39, 0.29) is 3.42 Å². The van der Waals surface area contributed by atoms with Crippen LogP contribution in [0.4, 0.5) is 0 Å². The molecule has 0 aliphatic heterocycles. The van der Waals surface area contributed by atoms with E-state index in [1.807, 2.05) is 19.1 Å². The molecular formula is C8H8IO2-. The monoisotopic (exact) mass is 263 g/mol. The van der Waals surface area contributed by atoms with Crippen molar-refractivity contribution in [3.8, 4) is 0 Å². The second-order valence-corrected chi connectivity index (χ2v) is 5.02. The number of carbonyl (C=O) groups excluding carboxylic acids is 1. The average molecular weight is 263 g/mol.